The highest BCUT2D eigenvalue weighted by Crippen LogP contribution is 2.19. The van der Waals surface area contributed by atoms with Crippen molar-refractivity contribution in [2.24, 2.45) is 5.92 Å². The molecule has 0 spiro atoms. The van der Waals surface area contributed by atoms with Crippen molar-refractivity contribution in [1.82, 2.24) is 15.1 Å². The van der Waals surface area contributed by atoms with Gasteiger partial charge >= 0.3 is 12.0 Å². The lowest BCUT2D eigenvalue weighted by Crippen LogP contribution is -2.42. The first-order chi connectivity index (χ1) is 10.8. The van der Waals surface area contributed by atoms with E-state index in [0.717, 1.165) is 25.9 Å². The van der Waals surface area contributed by atoms with Gasteiger partial charge in [-0.2, -0.15) is 0 Å². The fourth-order valence-corrected chi connectivity index (χ4v) is 3.18. The van der Waals surface area contributed by atoms with Crippen molar-refractivity contribution >= 4 is 17.9 Å². The summed E-state index contributed by atoms with van der Waals surface area (Å²) in [7, 11) is 0. The van der Waals surface area contributed by atoms with Gasteiger partial charge in [-0.3, -0.25) is 14.5 Å². The number of ether oxygens (including phenoxy) is 1. The molecule has 2 rings (SSSR count). The van der Waals surface area contributed by atoms with Crippen molar-refractivity contribution in [1.29, 1.82) is 0 Å². The summed E-state index contributed by atoms with van der Waals surface area (Å²) in [5, 5.41) is 2.68. The van der Waals surface area contributed by atoms with Crippen LogP contribution in [0.2, 0.25) is 0 Å². The normalized spacial score (nSPS) is 24.7. The van der Waals surface area contributed by atoms with E-state index in [-0.39, 0.29) is 23.8 Å². The molecular formula is C16H27N3O4. The number of likely N-dealkylation sites (tertiary alicyclic amines) is 1. The molecule has 2 aliphatic rings. The van der Waals surface area contributed by atoms with Gasteiger partial charge in [-0.05, 0) is 53.1 Å². The maximum absolute atomic E-state index is 12.1. The molecule has 0 aromatic heterocycles. The number of nitrogens with zero attached hydrogens (tertiary/aromatic N) is 2. The number of imide groups is 1. The van der Waals surface area contributed by atoms with Crippen LogP contribution in [0.4, 0.5) is 4.79 Å². The zero-order chi connectivity index (χ0) is 17.0. The van der Waals surface area contributed by atoms with Crippen LogP contribution in [0.3, 0.4) is 0 Å². The minimum absolute atomic E-state index is 0.0562. The van der Waals surface area contributed by atoms with Crippen molar-refractivity contribution in [2.75, 3.05) is 32.8 Å². The van der Waals surface area contributed by atoms with E-state index in [9.17, 15) is 14.4 Å². The molecular weight excluding hydrogens is 298 g/mol. The Morgan fingerprint density at radius 2 is 2.09 bits per heavy atom. The van der Waals surface area contributed by atoms with E-state index in [0.29, 0.717) is 26.1 Å². The number of hydrogen-bond donors (Lipinski definition) is 1. The summed E-state index contributed by atoms with van der Waals surface area (Å²) in [5.41, 5.74) is -0.808. The molecule has 130 valence electrons. The Balaban J connectivity index is 1.77. The minimum atomic E-state index is -0.808. The number of esters is 1. The van der Waals surface area contributed by atoms with Crippen LogP contribution in [0, 0.1) is 5.92 Å². The predicted molar refractivity (Wildman–Crippen MR) is 84.7 cm³/mol. The summed E-state index contributed by atoms with van der Waals surface area (Å²) >= 11 is 0. The molecule has 0 aromatic rings. The van der Waals surface area contributed by atoms with Gasteiger partial charge in [-0.1, -0.05) is 0 Å². The van der Waals surface area contributed by atoms with E-state index < -0.39 is 5.54 Å². The Morgan fingerprint density at radius 3 is 2.70 bits per heavy atom. The molecule has 1 N–H and O–H groups in total. The summed E-state index contributed by atoms with van der Waals surface area (Å²) in [6, 6.07) is -0.317. The fourth-order valence-electron chi connectivity index (χ4n) is 3.18. The van der Waals surface area contributed by atoms with E-state index in [1.165, 1.54) is 4.90 Å². The average Bonchev–Trinajstić information content (AvgIpc) is 2.69. The fraction of sp³-hybridized carbons (Fsp3) is 0.812. The molecule has 2 fully saturated rings. The average molecular weight is 325 g/mol. The number of hydrogen-bond acceptors (Lipinski definition) is 5. The summed E-state index contributed by atoms with van der Waals surface area (Å²) in [4.78, 5) is 39.2. The Labute approximate surface area is 137 Å². The number of urea groups is 1. The molecule has 0 aromatic carbocycles. The topological polar surface area (TPSA) is 79.0 Å². The van der Waals surface area contributed by atoms with Gasteiger partial charge in [0.2, 0.25) is 0 Å². The van der Waals surface area contributed by atoms with Gasteiger partial charge in [-0.15, -0.1) is 0 Å². The van der Waals surface area contributed by atoms with E-state index in [2.05, 4.69) is 10.2 Å². The van der Waals surface area contributed by atoms with Gasteiger partial charge in [-0.25, -0.2) is 4.79 Å². The Hall–Kier alpha value is -1.63. The first kappa shape index (κ1) is 17.7. The zero-order valence-corrected chi connectivity index (χ0v) is 14.3. The predicted octanol–water partition coefficient (Wildman–Crippen LogP) is 0.982. The minimum Gasteiger partial charge on any atom is -0.466 e. The van der Waals surface area contributed by atoms with Gasteiger partial charge in [0.25, 0.3) is 5.91 Å². The number of rotatable bonds is 6. The smallest absolute Gasteiger partial charge is 0.325 e. The summed E-state index contributed by atoms with van der Waals surface area (Å²) < 4.78 is 5.10. The second-order valence-corrected chi connectivity index (χ2v) is 6.76. The number of carbonyl (C=O) groups is 3. The lowest BCUT2D eigenvalue weighted by Gasteiger charge is -2.31. The van der Waals surface area contributed by atoms with E-state index in [1.54, 1.807) is 13.8 Å². The monoisotopic (exact) mass is 325 g/mol. The van der Waals surface area contributed by atoms with Crippen molar-refractivity contribution in [2.45, 2.75) is 45.6 Å². The first-order valence-electron chi connectivity index (χ1n) is 8.38. The van der Waals surface area contributed by atoms with Crippen molar-refractivity contribution in [3.05, 3.63) is 0 Å². The molecule has 0 saturated carbocycles. The second-order valence-electron chi connectivity index (χ2n) is 6.76. The number of carbonyl (C=O) groups excluding carboxylic acids is 3. The molecule has 7 nitrogen and oxygen atoms in total. The molecule has 2 saturated heterocycles. The van der Waals surface area contributed by atoms with Gasteiger partial charge in [0.15, 0.2) is 0 Å². The zero-order valence-electron chi connectivity index (χ0n) is 14.3. The summed E-state index contributed by atoms with van der Waals surface area (Å²) in [6.07, 6.45) is 2.56. The third kappa shape index (κ3) is 4.22. The molecule has 7 heteroatoms. The third-order valence-electron chi connectivity index (χ3n) is 4.43. The van der Waals surface area contributed by atoms with Crippen molar-refractivity contribution in [3.63, 3.8) is 0 Å². The number of piperidine rings is 1. The van der Waals surface area contributed by atoms with E-state index >= 15 is 0 Å². The first-order valence-corrected chi connectivity index (χ1v) is 8.38. The molecule has 2 heterocycles. The van der Waals surface area contributed by atoms with Crippen LogP contribution in [0.15, 0.2) is 0 Å². The molecule has 1 unspecified atom stereocenters. The second kappa shape index (κ2) is 7.29. The van der Waals surface area contributed by atoms with Crippen LogP contribution >= 0.6 is 0 Å². The van der Waals surface area contributed by atoms with Gasteiger partial charge in [0.05, 0.1) is 12.5 Å². The van der Waals surface area contributed by atoms with Crippen LogP contribution < -0.4 is 5.32 Å². The molecule has 0 bridgehead atoms. The van der Waals surface area contributed by atoms with E-state index in [4.69, 9.17) is 4.74 Å². The van der Waals surface area contributed by atoms with Crippen LogP contribution in [0.1, 0.15) is 40.0 Å². The van der Waals surface area contributed by atoms with Crippen molar-refractivity contribution < 1.29 is 19.1 Å². The lowest BCUT2D eigenvalue weighted by molar-refractivity contribution is -0.149. The standard InChI is InChI=1S/C16H27N3O4/c1-4-23-13(20)12-7-5-8-18(11-12)9-6-10-19-14(21)16(2,3)17-15(19)22/h12H,4-11H2,1-3H3,(H,17,22). The van der Waals surface area contributed by atoms with Crippen LogP contribution in [0.5, 0.6) is 0 Å². The molecule has 0 aliphatic carbocycles. The quantitative estimate of drug-likeness (QED) is 0.582. The van der Waals surface area contributed by atoms with Gasteiger partial charge < -0.3 is 15.0 Å². The Morgan fingerprint density at radius 1 is 1.35 bits per heavy atom. The molecule has 3 amide bonds. The van der Waals surface area contributed by atoms with E-state index in [1.807, 2.05) is 6.92 Å². The largest absolute Gasteiger partial charge is 0.466 e. The van der Waals surface area contributed by atoms with Crippen LogP contribution in [-0.4, -0.2) is 66.0 Å². The Bertz CT molecular complexity index is 478. The highest BCUT2D eigenvalue weighted by atomic mass is 16.5. The van der Waals surface area contributed by atoms with Gasteiger partial charge in [0.1, 0.15) is 5.54 Å². The molecule has 23 heavy (non-hydrogen) atoms. The maximum Gasteiger partial charge on any atom is 0.325 e. The van der Waals surface area contributed by atoms with Crippen LogP contribution in [0.25, 0.3) is 0 Å². The maximum atomic E-state index is 12.1. The highest BCUT2D eigenvalue weighted by Gasteiger charge is 2.43. The Kier molecular flexibility index (Phi) is 5.62. The third-order valence-corrected chi connectivity index (χ3v) is 4.43. The molecule has 1 atom stereocenters. The SMILES string of the molecule is CCOC(=O)C1CCCN(CCCN2C(=O)NC(C)(C)C2=O)C1. The van der Waals surface area contributed by atoms with Crippen LogP contribution in [-0.2, 0) is 14.3 Å². The summed E-state index contributed by atoms with van der Waals surface area (Å²) in [6.45, 7) is 8.48. The number of nitrogens with one attached hydrogen (secondary N) is 1. The summed E-state index contributed by atoms with van der Waals surface area (Å²) in [5.74, 6) is -0.349. The molecule has 0 radical (unpaired) electrons. The van der Waals surface area contributed by atoms with Gasteiger partial charge in [0, 0.05) is 13.1 Å². The highest BCUT2D eigenvalue weighted by molar-refractivity contribution is 6.06. The van der Waals surface area contributed by atoms with Crippen molar-refractivity contribution in [3.8, 4) is 0 Å². The number of amides is 3. The molecule has 2 aliphatic heterocycles. The lowest BCUT2D eigenvalue weighted by atomic mass is 9.98.